The molecule has 0 aromatic heterocycles. The predicted molar refractivity (Wildman–Crippen MR) is 105 cm³/mol. The van der Waals surface area contributed by atoms with Gasteiger partial charge in [-0.3, -0.25) is 14.5 Å². The molecule has 1 aromatic rings. The Morgan fingerprint density at radius 2 is 2.07 bits per heavy atom. The lowest BCUT2D eigenvalue weighted by atomic mass is 9.58. The number of aryl methyl sites for hydroxylation is 1. The molecule has 4 unspecified atom stereocenters. The van der Waals surface area contributed by atoms with Crippen molar-refractivity contribution in [3.8, 4) is 6.07 Å². The summed E-state index contributed by atoms with van der Waals surface area (Å²) in [5, 5.41) is 10.6. The maximum atomic E-state index is 13.4. The van der Waals surface area contributed by atoms with Gasteiger partial charge in [-0.2, -0.15) is 5.26 Å². The summed E-state index contributed by atoms with van der Waals surface area (Å²) in [7, 11) is 2.67. The Morgan fingerprint density at radius 1 is 1.32 bits per heavy atom. The van der Waals surface area contributed by atoms with Crippen LogP contribution in [0.15, 0.2) is 24.3 Å². The molecule has 2 heterocycles. The molecule has 2 saturated heterocycles. The third-order valence-corrected chi connectivity index (χ3v) is 8.72. The molecule has 1 aromatic carbocycles. The number of halogens is 1. The van der Waals surface area contributed by atoms with Gasteiger partial charge in [-0.1, -0.05) is 40.2 Å². The fourth-order valence-corrected chi connectivity index (χ4v) is 7.28. The second-order valence-corrected chi connectivity index (χ2v) is 9.20. The number of methoxy groups -OCH3 is 2. The Morgan fingerprint density at radius 3 is 2.75 bits per heavy atom. The lowest BCUT2D eigenvalue weighted by molar-refractivity contribution is -0.163. The molecule has 3 aliphatic rings. The molecule has 2 aliphatic heterocycles. The van der Waals surface area contributed by atoms with Gasteiger partial charge in [0.25, 0.3) is 0 Å². The molecular weight excluding hydrogens is 424 g/mol. The summed E-state index contributed by atoms with van der Waals surface area (Å²) in [6.45, 7) is 0.694. The summed E-state index contributed by atoms with van der Waals surface area (Å²) in [6, 6.07) is 10.3. The Kier molecular flexibility index (Phi) is 4.55. The predicted octanol–water partition coefficient (Wildman–Crippen LogP) is 2.69. The Balaban J connectivity index is 2.04. The van der Waals surface area contributed by atoms with Crippen LogP contribution in [-0.4, -0.2) is 48.0 Å². The van der Waals surface area contributed by atoms with Crippen LogP contribution in [-0.2, 0) is 31.0 Å². The van der Waals surface area contributed by atoms with E-state index < -0.39 is 27.2 Å². The number of hydrogen-bond acceptors (Lipinski definition) is 6. The van der Waals surface area contributed by atoms with Crippen molar-refractivity contribution >= 4 is 27.9 Å². The molecule has 0 saturated carbocycles. The molecule has 4 atom stereocenters. The van der Waals surface area contributed by atoms with Gasteiger partial charge in [0, 0.05) is 12.6 Å². The highest BCUT2D eigenvalue weighted by molar-refractivity contribution is 9.10. The van der Waals surface area contributed by atoms with E-state index in [0.717, 1.165) is 24.0 Å². The number of benzene rings is 1. The zero-order valence-corrected chi connectivity index (χ0v) is 17.6. The highest BCUT2D eigenvalue weighted by atomic mass is 79.9. The first kappa shape index (κ1) is 19.4. The summed E-state index contributed by atoms with van der Waals surface area (Å²) in [5.74, 6) is -0.924. The van der Waals surface area contributed by atoms with Crippen molar-refractivity contribution in [1.29, 1.82) is 5.26 Å². The Bertz CT molecular complexity index is 883. The van der Waals surface area contributed by atoms with Gasteiger partial charge in [-0.15, -0.1) is 0 Å². The molecule has 0 bridgehead atoms. The van der Waals surface area contributed by atoms with Gasteiger partial charge in [0.1, 0.15) is 5.41 Å². The molecule has 7 heteroatoms. The number of fused-ring (bicyclic) bond motifs is 5. The number of nitriles is 1. The molecule has 6 nitrogen and oxygen atoms in total. The van der Waals surface area contributed by atoms with E-state index in [-0.39, 0.29) is 12.5 Å². The quantitative estimate of drug-likeness (QED) is 0.524. The zero-order chi connectivity index (χ0) is 20.2. The van der Waals surface area contributed by atoms with Crippen LogP contribution in [0.2, 0.25) is 0 Å². The van der Waals surface area contributed by atoms with Gasteiger partial charge < -0.3 is 9.47 Å². The largest absolute Gasteiger partial charge is 0.469 e. The standard InChI is InChI=1S/C21H23BrN2O4/c1-27-17(25)12-19(18(26)28-2)16-8-5-11-24(16)20(13-23)15-7-4-3-6-14(15)9-10-21(19,20)22/h3-4,6-7,16H,5,8-12H2,1-2H3. The third-order valence-electron chi connectivity index (χ3n) is 7.04. The van der Waals surface area contributed by atoms with E-state index in [1.54, 1.807) is 0 Å². The molecule has 0 amide bonds. The fourth-order valence-electron chi connectivity index (χ4n) is 5.99. The number of esters is 2. The molecule has 4 rings (SSSR count). The summed E-state index contributed by atoms with van der Waals surface area (Å²) >= 11 is 3.92. The van der Waals surface area contributed by atoms with Crippen molar-refractivity contribution in [2.75, 3.05) is 20.8 Å². The molecule has 1 aliphatic carbocycles. The summed E-state index contributed by atoms with van der Waals surface area (Å²) in [5.41, 5.74) is -0.216. The van der Waals surface area contributed by atoms with Gasteiger partial charge >= 0.3 is 11.9 Å². The minimum atomic E-state index is -1.20. The van der Waals surface area contributed by atoms with E-state index >= 15 is 0 Å². The molecule has 148 valence electrons. The minimum Gasteiger partial charge on any atom is -0.469 e. The van der Waals surface area contributed by atoms with Crippen molar-refractivity contribution in [3.63, 3.8) is 0 Å². The summed E-state index contributed by atoms with van der Waals surface area (Å²) in [4.78, 5) is 28.0. The third kappa shape index (κ3) is 2.05. The maximum Gasteiger partial charge on any atom is 0.315 e. The molecule has 0 spiro atoms. The van der Waals surface area contributed by atoms with E-state index in [2.05, 4.69) is 26.9 Å². The van der Waals surface area contributed by atoms with Crippen LogP contribution in [0.5, 0.6) is 0 Å². The highest BCUT2D eigenvalue weighted by Crippen LogP contribution is 2.70. The average molecular weight is 447 g/mol. The number of carbonyl (C=O) groups excluding carboxylic acids is 2. The van der Waals surface area contributed by atoms with Crippen LogP contribution < -0.4 is 0 Å². The van der Waals surface area contributed by atoms with Crippen LogP contribution in [0.25, 0.3) is 0 Å². The van der Waals surface area contributed by atoms with E-state index in [4.69, 9.17) is 9.47 Å². The highest BCUT2D eigenvalue weighted by Gasteiger charge is 2.80. The summed E-state index contributed by atoms with van der Waals surface area (Å²) in [6.07, 6.45) is 2.74. The normalized spacial score (nSPS) is 36.0. The molecule has 2 fully saturated rings. The minimum absolute atomic E-state index is 0.117. The van der Waals surface area contributed by atoms with E-state index in [1.807, 2.05) is 24.3 Å². The Labute approximate surface area is 172 Å². The lowest BCUT2D eigenvalue weighted by Gasteiger charge is -2.50. The SMILES string of the molecule is COC(=O)CC1(C(=O)OC)C2CCCN2C2(C#N)c3ccccc3CCC12Br. The second kappa shape index (κ2) is 6.57. The van der Waals surface area contributed by atoms with Crippen molar-refractivity contribution < 1.29 is 19.1 Å². The van der Waals surface area contributed by atoms with Crippen LogP contribution in [0.4, 0.5) is 0 Å². The first-order valence-corrected chi connectivity index (χ1v) is 10.3. The summed E-state index contributed by atoms with van der Waals surface area (Å²) < 4.78 is 9.29. The monoisotopic (exact) mass is 446 g/mol. The first-order valence-electron chi connectivity index (χ1n) is 9.53. The van der Waals surface area contributed by atoms with Crippen LogP contribution >= 0.6 is 15.9 Å². The van der Waals surface area contributed by atoms with Crippen molar-refractivity contribution in [3.05, 3.63) is 35.4 Å². The second-order valence-electron chi connectivity index (χ2n) is 7.85. The number of alkyl halides is 1. The molecule has 28 heavy (non-hydrogen) atoms. The number of ether oxygens (including phenoxy) is 2. The smallest absolute Gasteiger partial charge is 0.315 e. The van der Waals surface area contributed by atoms with Crippen molar-refractivity contribution in [2.45, 2.75) is 48.0 Å². The lowest BCUT2D eigenvalue weighted by Crippen LogP contribution is -2.61. The topological polar surface area (TPSA) is 79.6 Å². The van der Waals surface area contributed by atoms with Crippen LogP contribution in [0.1, 0.15) is 36.8 Å². The van der Waals surface area contributed by atoms with Gasteiger partial charge in [0.05, 0.1) is 31.0 Å². The first-order chi connectivity index (χ1) is 13.4. The fraction of sp³-hybridized carbons (Fsp3) is 0.571. The number of nitrogens with zero attached hydrogens (tertiary/aromatic N) is 2. The van der Waals surface area contributed by atoms with Gasteiger partial charge in [-0.05, 0) is 36.8 Å². The molecular formula is C21H23BrN2O4. The van der Waals surface area contributed by atoms with Crippen molar-refractivity contribution in [2.24, 2.45) is 5.41 Å². The van der Waals surface area contributed by atoms with Gasteiger partial charge in [0.2, 0.25) is 0 Å². The number of hydrogen-bond donors (Lipinski definition) is 0. The number of carbonyl (C=O) groups is 2. The van der Waals surface area contributed by atoms with E-state index in [1.165, 1.54) is 14.2 Å². The average Bonchev–Trinajstić information content (AvgIpc) is 3.27. The van der Waals surface area contributed by atoms with Gasteiger partial charge in [0.15, 0.2) is 5.54 Å². The Hall–Kier alpha value is -1.91. The maximum absolute atomic E-state index is 13.4. The molecule has 0 radical (unpaired) electrons. The van der Waals surface area contributed by atoms with Gasteiger partial charge in [-0.25, -0.2) is 0 Å². The molecule has 0 N–H and O–H groups in total. The number of rotatable bonds is 3. The van der Waals surface area contributed by atoms with E-state index in [9.17, 15) is 14.9 Å². The van der Waals surface area contributed by atoms with E-state index in [0.29, 0.717) is 19.4 Å². The van der Waals surface area contributed by atoms with Crippen molar-refractivity contribution in [1.82, 2.24) is 4.90 Å². The van der Waals surface area contributed by atoms with Crippen LogP contribution in [0.3, 0.4) is 0 Å². The van der Waals surface area contributed by atoms with Crippen LogP contribution in [0, 0.1) is 16.7 Å². The zero-order valence-electron chi connectivity index (χ0n) is 16.0.